The first-order valence-electron chi connectivity index (χ1n) is 3.61. The molecule has 1 N–H and O–H groups in total. The minimum Gasteiger partial charge on any atom is -0.351 e. The summed E-state index contributed by atoms with van der Waals surface area (Å²) in [5.41, 5.74) is -0.272. The van der Waals surface area contributed by atoms with Crippen molar-refractivity contribution in [1.82, 2.24) is 5.32 Å². The molecule has 0 aromatic rings. The molecule has 0 bridgehead atoms. The molecular formula is C8H16NO. The van der Waals surface area contributed by atoms with Gasteiger partial charge in [-0.3, -0.25) is 4.79 Å². The van der Waals surface area contributed by atoms with Gasteiger partial charge in [0.15, 0.2) is 0 Å². The van der Waals surface area contributed by atoms with Gasteiger partial charge in [-0.2, -0.15) is 0 Å². The van der Waals surface area contributed by atoms with Gasteiger partial charge >= 0.3 is 0 Å². The van der Waals surface area contributed by atoms with Crippen LogP contribution in [0, 0.1) is 12.0 Å². The molecule has 0 aliphatic carbocycles. The van der Waals surface area contributed by atoms with Crippen LogP contribution in [-0.2, 0) is 4.79 Å². The lowest BCUT2D eigenvalue weighted by atomic mass is 9.96. The smallest absolute Gasteiger partial charge is 0.225 e. The Balaban J connectivity index is 3.64. The Labute approximate surface area is 63.0 Å². The van der Waals surface area contributed by atoms with Crippen LogP contribution in [-0.4, -0.2) is 5.91 Å². The highest BCUT2D eigenvalue weighted by molar-refractivity contribution is 5.81. The van der Waals surface area contributed by atoms with Gasteiger partial charge in [0, 0.05) is 12.0 Å². The maximum atomic E-state index is 11.1. The molecule has 0 aliphatic heterocycles. The SMILES string of the molecule is CC[CH]NC(=O)C(C)(C)C. The number of rotatable bonds is 2. The molecule has 0 atom stereocenters. The maximum Gasteiger partial charge on any atom is 0.225 e. The quantitative estimate of drug-likeness (QED) is 0.625. The Hall–Kier alpha value is -0.530. The largest absolute Gasteiger partial charge is 0.351 e. The van der Waals surface area contributed by atoms with Crippen LogP contribution in [0.1, 0.15) is 34.1 Å². The first-order valence-corrected chi connectivity index (χ1v) is 3.61. The van der Waals surface area contributed by atoms with E-state index in [2.05, 4.69) is 5.32 Å². The molecule has 0 saturated carbocycles. The lowest BCUT2D eigenvalue weighted by Crippen LogP contribution is -2.32. The summed E-state index contributed by atoms with van der Waals surface area (Å²) in [4.78, 5) is 11.1. The third kappa shape index (κ3) is 3.49. The molecule has 0 heterocycles. The zero-order valence-corrected chi connectivity index (χ0v) is 7.19. The van der Waals surface area contributed by atoms with Crippen LogP contribution >= 0.6 is 0 Å². The summed E-state index contributed by atoms with van der Waals surface area (Å²) < 4.78 is 0. The van der Waals surface area contributed by atoms with Gasteiger partial charge in [0.25, 0.3) is 0 Å². The van der Waals surface area contributed by atoms with Crippen molar-refractivity contribution in [2.45, 2.75) is 34.1 Å². The van der Waals surface area contributed by atoms with Gasteiger partial charge < -0.3 is 5.32 Å². The maximum absolute atomic E-state index is 11.1. The average molecular weight is 142 g/mol. The molecule has 0 rings (SSSR count). The van der Waals surface area contributed by atoms with Crippen molar-refractivity contribution in [3.05, 3.63) is 6.54 Å². The number of nitrogens with one attached hydrogen (secondary N) is 1. The number of carbonyl (C=O) groups is 1. The molecule has 2 nitrogen and oxygen atoms in total. The first-order chi connectivity index (χ1) is 4.48. The molecule has 0 aliphatic rings. The molecule has 10 heavy (non-hydrogen) atoms. The van der Waals surface area contributed by atoms with Gasteiger partial charge in [-0.05, 0) is 6.42 Å². The van der Waals surface area contributed by atoms with Gasteiger partial charge in [-0.15, -0.1) is 0 Å². The molecule has 0 aromatic heterocycles. The van der Waals surface area contributed by atoms with Crippen molar-refractivity contribution in [3.63, 3.8) is 0 Å². The van der Waals surface area contributed by atoms with Gasteiger partial charge in [-0.25, -0.2) is 0 Å². The summed E-state index contributed by atoms with van der Waals surface area (Å²) in [7, 11) is 0. The minimum atomic E-state index is -0.272. The number of hydrogen-bond donors (Lipinski definition) is 1. The van der Waals surface area contributed by atoms with Crippen molar-refractivity contribution in [3.8, 4) is 0 Å². The monoisotopic (exact) mass is 142 g/mol. The highest BCUT2D eigenvalue weighted by atomic mass is 16.2. The van der Waals surface area contributed by atoms with Crippen LogP contribution in [0.2, 0.25) is 0 Å². The summed E-state index contributed by atoms with van der Waals surface area (Å²) in [6.45, 7) is 9.44. The Morgan fingerprint density at radius 3 is 2.30 bits per heavy atom. The Morgan fingerprint density at radius 2 is 2.00 bits per heavy atom. The van der Waals surface area contributed by atoms with Crippen molar-refractivity contribution >= 4 is 5.91 Å². The molecule has 0 spiro atoms. The second kappa shape index (κ2) is 3.59. The van der Waals surface area contributed by atoms with Gasteiger partial charge in [0.2, 0.25) is 5.91 Å². The Kier molecular flexibility index (Phi) is 3.40. The molecule has 0 fully saturated rings. The van der Waals surface area contributed by atoms with E-state index in [0.717, 1.165) is 6.42 Å². The van der Waals surface area contributed by atoms with Crippen LogP contribution in [0.3, 0.4) is 0 Å². The van der Waals surface area contributed by atoms with E-state index in [1.165, 1.54) is 0 Å². The van der Waals surface area contributed by atoms with Crippen molar-refractivity contribution in [1.29, 1.82) is 0 Å². The number of hydrogen-bond acceptors (Lipinski definition) is 1. The van der Waals surface area contributed by atoms with Crippen LogP contribution in [0.5, 0.6) is 0 Å². The van der Waals surface area contributed by atoms with E-state index in [4.69, 9.17) is 0 Å². The molecule has 0 saturated heterocycles. The summed E-state index contributed by atoms with van der Waals surface area (Å²) in [6, 6.07) is 0. The lowest BCUT2D eigenvalue weighted by Gasteiger charge is -2.16. The fraction of sp³-hybridized carbons (Fsp3) is 0.750. The normalized spacial score (nSPS) is 11.2. The summed E-state index contributed by atoms with van der Waals surface area (Å²) in [5.74, 6) is 0.0781. The Morgan fingerprint density at radius 1 is 1.50 bits per heavy atom. The van der Waals surface area contributed by atoms with Crippen molar-refractivity contribution in [2.24, 2.45) is 5.41 Å². The first kappa shape index (κ1) is 9.47. The van der Waals surface area contributed by atoms with Crippen molar-refractivity contribution < 1.29 is 4.79 Å². The summed E-state index contributed by atoms with van der Waals surface area (Å²) in [5, 5.41) is 2.71. The zero-order valence-electron chi connectivity index (χ0n) is 7.19. The van der Waals surface area contributed by atoms with Crippen LogP contribution < -0.4 is 5.32 Å². The standard InChI is InChI=1S/C8H16NO/c1-5-6-9-7(10)8(2,3)4/h6H,5H2,1-4H3,(H,9,10). The third-order valence-corrected chi connectivity index (χ3v) is 1.12. The minimum absolute atomic E-state index is 0.0781. The fourth-order valence-corrected chi connectivity index (χ4v) is 0.411. The highest BCUT2D eigenvalue weighted by Gasteiger charge is 2.19. The van der Waals surface area contributed by atoms with E-state index in [0.29, 0.717) is 0 Å². The van der Waals surface area contributed by atoms with E-state index in [1.807, 2.05) is 27.7 Å². The molecule has 0 unspecified atom stereocenters. The molecule has 2 heteroatoms. The number of carbonyl (C=O) groups excluding carboxylic acids is 1. The van der Waals surface area contributed by atoms with E-state index >= 15 is 0 Å². The van der Waals surface area contributed by atoms with E-state index in [1.54, 1.807) is 6.54 Å². The summed E-state index contributed by atoms with van der Waals surface area (Å²) in [6.07, 6.45) is 0.877. The zero-order chi connectivity index (χ0) is 8.20. The summed E-state index contributed by atoms with van der Waals surface area (Å²) >= 11 is 0. The second-order valence-electron chi connectivity index (χ2n) is 3.34. The lowest BCUT2D eigenvalue weighted by molar-refractivity contribution is -0.127. The predicted molar refractivity (Wildman–Crippen MR) is 42.2 cm³/mol. The highest BCUT2D eigenvalue weighted by Crippen LogP contribution is 2.12. The third-order valence-electron chi connectivity index (χ3n) is 1.12. The van der Waals surface area contributed by atoms with E-state index in [9.17, 15) is 4.79 Å². The van der Waals surface area contributed by atoms with Gasteiger partial charge in [0.05, 0.1) is 0 Å². The second-order valence-corrected chi connectivity index (χ2v) is 3.34. The van der Waals surface area contributed by atoms with Gasteiger partial charge in [0.1, 0.15) is 0 Å². The molecule has 1 radical (unpaired) electrons. The Bertz CT molecular complexity index is 113. The molecule has 59 valence electrons. The predicted octanol–water partition coefficient (Wildman–Crippen LogP) is 1.72. The topological polar surface area (TPSA) is 29.1 Å². The number of amides is 1. The van der Waals surface area contributed by atoms with E-state index in [-0.39, 0.29) is 11.3 Å². The molecule has 1 amide bonds. The van der Waals surface area contributed by atoms with Crippen molar-refractivity contribution in [2.75, 3.05) is 0 Å². The molecule has 0 aromatic carbocycles. The van der Waals surface area contributed by atoms with Crippen LogP contribution in [0.25, 0.3) is 0 Å². The van der Waals surface area contributed by atoms with Gasteiger partial charge in [-0.1, -0.05) is 27.7 Å². The fourth-order valence-electron chi connectivity index (χ4n) is 0.411. The average Bonchev–Trinajstić information content (AvgIpc) is 1.80. The van der Waals surface area contributed by atoms with Crippen LogP contribution in [0.15, 0.2) is 0 Å². The van der Waals surface area contributed by atoms with Crippen LogP contribution in [0.4, 0.5) is 0 Å². The molecular weight excluding hydrogens is 126 g/mol. The van der Waals surface area contributed by atoms with E-state index < -0.39 is 0 Å².